The molecule has 5 heteroatoms. The molecule has 3 rings (SSSR count). The number of furan rings is 1. The number of likely N-dealkylation sites (tertiary alicyclic amines) is 1. The van der Waals surface area contributed by atoms with Crippen molar-refractivity contribution < 1.29 is 13.9 Å². The zero-order valence-corrected chi connectivity index (χ0v) is 12.8. The summed E-state index contributed by atoms with van der Waals surface area (Å²) in [5.41, 5.74) is 7.09. The number of rotatable bonds is 3. The van der Waals surface area contributed by atoms with E-state index in [1.165, 1.54) is 20.0 Å². The van der Waals surface area contributed by atoms with Crippen LogP contribution >= 0.6 is 0 Å². The summed E-state index contributed by atoms with van der Waals surface area (Å²) in [5.74, 6) is 2.09. The van der Waals surface area contributed by atoms with Gasteiger partial charge in [-0.2, -0.15) is 0 Å². The number of carbonyl (C=O) groups is 1. The Hall–Kier alpha value is -1.33. The molecule has 1 aromatic heterocycles. The number of hydrogen-bond acceptors (Lipinski definition) is 5. The molecule has 0 radical (unpaired) electrons. The predicted molar refractivity (Wildman–Crippen MR) is 78.9 cm³/mol. The highest BCUT2D eigenvalue weighted by atomic mass is 16.5. The lowest BCUT2D eigenvalue weighted by Gasteiger charge is -2.29. The van der Waals surface area contributed by atoms with Crippen LogP contribution in [0.15, 0.2) is 10.5 Å². The monoisotopic (exact) mass is 292 g/mol. The van der Waals surface area contributed by atoms with Gasteiger partial charge in [-0.3, -0.25) is 4.90 Å². The standard InChI is InChI=1S/C16H24N2O3/c1-10-6-12(21-15(10)16(19)20-2)8-18-7-11-4-3-5-14(17)13(11)9-18/h6,11,13-14H,3-5,7-9,17H2,1-2H3. The molecule has 2 fully saturated rings. The van der Waals surface area contributed by atoms with E-state index in [0.717, 1.165) is 43.3 Å². The average Bonchev–Trinajstić information content (AvgIpc) is 3.02. The molecule has 1 aromatic rings. The highest BCUT2D eigenvalue weighted by Crippen LogP contribution is 2.36. The van der Waals surface area contributed by atoms with Gasteiger partial charge in [-0.1, -0.05) is 6.42 Å². The Labute approximate surface area is 125 Å². The summed E-state index contributed by atoms with van der Waals surface area (Å²) < 4.78 is 10.4. The fourth-order valence-corrected chi connectivity index (χ4v) is 3.88. The Morgan fingerprint density at radius 3 is 3.00 bits per heavy atom. The summed E-state index contributed by atoms with van der Waals surface area (Å²) in [6.45, 7) is 4.75. The number of methoxy groups -OCH3 is 1. The van der Waals surface area contributed by atoms with Gasteiger partial charge in [-0.15, -0.1) is 0 Å². The lowest BCUT2D eigenvalue weighted by atomic mass is 9.78. The van der Waals surface area contributed by atoms with Gasteiger partial charge in [0.2, 0.25) is 5.76 Å². The van der Waals surface area contributed by atoms with Crippen LogP contribution in [0.4, 0.5) is 0 Å². The zero-order valence-electron chi connectivity index (χ0n) is 12.8. The van der Waals surface area contributed by atoms with Gasteiger partial charge in [0.25, 0.3) is 0 Å². The smallest absolute Gasteiger partial charge is 0.374 e. The summed E-state index contributed by atoms with van der Waals surface area (Å²) in [4.78, 5) is 14.0. The van der Waals surface area contributed by atoms with E-state index in [1.54, 1.807) is 0 Å². The number of aryl methyl sites for hydroxylation is 1. The molecule has 1 aliphatic carbocycles. The first-order valence-electron chi connectivity index (χ1n) is 7.74. The van der Waals surface area contributed by atoms with Crippen molar-refractivity contribution in [3.8, 4) is 0 Å². The van der Waals surface area contributed by atoms with Crippen LogP contribution < -0.4 is 5.73 Å². The molecule has 1 saturated carbocycles. The number of nitrogens with zero attached hydrogens (tertiary/aromatic N) is 1. The Morgan fingerprint density at radius 2 is 2.29 bits per heavy atom. The molecule has 21 heavy (non-hydrogen) atoms. The number of ether oxygens (including phenoxy) is 1. The molecule has 2 N–H and O–H groups in total. The van der Waals surface area contributed by atoms with Crippen LogP contribution in [0.25, 0.3) is 0 Å². The number of fused-ring (bicyclic) bond motifs is 1. The lowest BCUT2D eigenvalue weighted by molar-refractivity contribution is 0.0560. The Kier molecular flexibility index (Phi) is 4.04. The van der Waals surface area contributed by atoms with Crippen LogP contribution in [0.2, 0.25) is 0 Å². The van der Waals surface area contributed by atoms with Gasteiger partial charge < -0.3 is 14.9 Å². The minimum atomic E-state index is -0.407. The van der Waals surface area contributed by atoms with Crippen LogP contribution in [-0.4, -0.2) is 37.1 Å². The molecule has 0 amide bonds. The molecule has 2 heterocycles. The molecule has 3 atom stereocenters. The van der Waals surface area contributed by atoms with Gasteiger partial charge in [-0.25, -0.2) is 4.79 Å². The van der Waals surface area contributed by atoms with E-state index in [9.17, 15) is 4.79 Å². The number of esters is 1. The molecule has 116 valence electrons. The first-order chi connectivity index (χ1) is 10.1. The quantitative estimate of drug-likeness (QED) is 0.862. The van der Waals surface area contributed by atoms with Crippen molar-refractivity contribution in [2.75, 3.05) is 20.2 Å². The van der Waals surface area contributed by atoms with Crippen molar-refractivity contribution in [2.24, 2.45) is 17.6 Å². The van der Waals surface area contributed by atoms with Gasteiger partial charge in [0.1, 0.15) is 5.76 Å². The summed E-state index contributed by atoms with van der Waals surface area (Å²) in [7, 11) is 1.37. The second-order valence-electron chi connectivity index (χ2n) is 6.43. The highest BCUT2D eigenvalue weighted by molar-refractivity contribution is 5.87. The van der Waals surface area contributed by atoms with Gasteiger partial charge in [0.05, 0.1) is 13.7 Å². The Bertz CT molecular complexity index is 526. The molecular formula is C16H24N2O3. The second-order valence-corrected chi connectivity index (χ2v) is 6.43. The Balaban J connectivity index is 1.66. The summed E-state index contributed by atoms with van der Waals surface area (Å²) >= 11 is 0. The fourth-order valence-electron chi connectivity index (χ4n) is 3.88. The predicted octanol–water partition coefficient (Wildman–Crippen LogP) is 1.93. The van der Waals surface area contributed by atoms with Crippen molar-refractivity contribution in [1.29, 1.82) is 0 Å². The minimum Gasteiger partial charge on any atom is -0.463 e. The molecular weight excluding hydrogens is 268 g/mol. The first-order valence-corrected chi connectivity index (χ1v) is 7.74. The van der Waals surface area contributed by atoms with Crippen molar-refractivity contribution in [2.45, 2.75) is 38.8 Å². The van der Waals surface area contributed by atoms with Crippen LogP contribution in [0.1, 0.15) is 41.1 Å². The van der Waals surface area contributed by atoms with E-state index >= 15 is 0 Å². The molecule has 1 aliphatic heterocycles. The van der Waals surface area contributed by atoms with E-state index < -0.39 is 5.97 Å². The number of nitrogens with two attached hydrogens (primary N) is 1. The molecule has 0 bridgehead atoms. The molecule has 3 unspecified atom stereocenters. The van der Waals surface area contributed by atoms with Crippen LogP contribution in [-0.2, 0) is 11.3 Å². The summed E-state index contributed by atoms with van der Waals surface area (Å²) in [6, 6.07) is 2.28. The van der Waals surface area contributed by atoms with Gasteiger partial charge in [-0.05, 0) is 37.7 Å². The minimum absolute atomic E-state index is 0.320. The van der Waals surface area contributed by atoms with Crippen LogP contribution in [0, 0.1) is 18.8 Å². The van der Waals surface area contributed by atoms with Crippen molar-refractivity contribution in [3.63, 3.8) is 0 Å². The van der Waals surface area contributed by atoms with E-state index in [-0.39, 0.29) is 0 Å². The average molecular weight is 292 g/mol. The van der Waals surface area contributed by atoms with Crippen LogP contribution in [0.3, 0.4) is 0 Å². The topological polar surface area (TPSA) is 68.7 Å². The molecule has 5 nitrogen and oxygen atoms in total. The number of carbonyl (C=O) groups excluding carboxylic acids is 1. The van der Waals surface area contributed by atoms with Crippen molar-refractivity contribution in [1.82, 2.24) is 4.90 Å². The summed E-state index contributed by atoms with van der Waals surface area (Å²) in [5, 5.41) is 0. The summed E-state index contributed by atoms with van der Waals surface area (Å²) in [6.07, 6.45) is 3.70. The van der Waals surface area contributed by atoms with Crippen molar-refractivity contribution >= 4 is 5.97 Å². The Morgan fingerprint density at radius 1 is 1.48 bits per heavy atom. The van der Waals surface area contributed by atoms with Gasteiger partial charge in [0, 0.05) is 24.7 Å². The third kappa shape index (κ3) is 2.85. The third-order valence-electron chi connectivity index (χ3n) is 4.95. The molecule has 0 spiro atoms. The van der Waals surface area contributed by atoms with Gasteiger partial charge >= 0.3 is 5.97 Å². The maximum atomic E-state index is 11.6. The molecule has 0 aromatic carbocycles. The van der Waals surface area contributed by atoms with Gasteiger partial charge in [0.15, 0.2) is 0 Å². The highest BCUT2D eigenvalue weighted by Gasteiger charge is 2.38. The first kappa shape index (κ1) is 14.6. The molecule has 1 saturated heterocycles. The SMILES string of the molecule is COC(=O)c1oc(CN2CC3CCCC(N)C3C2)cc1C. The lowest BCUT2D eigenvalue weighted by Crippen LogP contribution is -2.38. The van der Waals surface area contributed by atoms with E-state index in [1.807, 2.05) is 13.0 Å². The largest absolute Gasteiger partial charge is 0.463 e. The number of hydrogen-bond donors (Lipinski definition) is 1. The van der Waals surface area contributed by atoms with E-state index in [0.29, 0.717) is 17.7 Å². The van der Waals surface area contributed by atoms with Crippen molar-refractivity contribution in [3.05, 3.63) is 23.2 Å². The van der Waals surface area contributed by atoms with Crippen LogP contribution in [0.5, 0.6) is 0 Å². The second kappa shape index (κ2) is 5.81. The van der Waals surface area contributed by atoms with E-state index in [2.05, 4.69) is 4.90 Å². The third-order valence-corrected chi connectivity index (χ3v) is 4.95. The maximum absolute atomic E-state index is 11.6. The fraction of sp³-hybridized carbons (Fsp3) is 0.688. The van der Waals surface area contributed by atoms with E-state index in [4.69, 9.17) is 14.9 Å². The maximum Gasteiger partial charge on any atom is 0.374 e. The molecule has 2 aliphatic rings. The zero-order chi connectivity index (χ0) is 15.0. The normalized spacial score (nSPS) is 29.4.